The Morgan fingerprint density at radius 3 is 2.83 bits per heavy atom. The number of rotatable bonds is 6. The van der Waals surface area contributed by atoms with Crippen LogP contribution < -0.4 is 10.3 Å². The van der Waals surface area contributed by atoms with Gasteiger partial charge >= 0.3 is 14.2 Å². The topological polar surface area (TPSA) is 87.8 Å². The molecule has 0 bridgehead atoms. The molecule has 7 heteroatoms. The molecule has 1 unspecified atom stereocenters. The quantitative estimate of drug-likeness (QED) is 0.366. The average molecular weight is 271 g/mol. The van der Waals surface area contributed by atoms with Crippen molar-refractivity contribution in [2.24, 2.45) is 5.73 Å². The largest absolute Gasteiger partial charge is 0.465 e. The maximum Gasteiger partial charge on any atom is 0.369 e. The molecule has 1 atom stereocenters. The van der Waals surface area contributed by atoms with E-state index in [2.05, 4.69) is 15.8 Å². The fourth-order valence-electron chi connectivity index (χ4n) is 1.18. The molecule has 1 aromatic carbocycles. The maximum absolute atomic E-state index is 11.3. The summed E-state index contributed by atoms with van der Waals surface area (Å²) in [5, 5.41) is 0. The average Bonchev–Trinajstić information content (AvgIpc) is 2.37. The van der Waals surface area contributed by atoms with E-state index in [-0.39, 0.29) is 12.3 Å². The van der Waals surface area contributed by atoms with Gasteiger partial charge in [0.05, 0.1) is 12.7 Å². The first-order chi connectivity index (χ1) is 8.58. The van der Waals surface area contributed by atoms with Gasteiger partial charge in [-0.25, -0.2) is 9.36 Å². The molecule has 18 heavy (non-hydrogen) atoms. The fraction of sp³-hybridized carbons (Fsp3) is 0.182. The minimum absolute atomic E-state index is 0.183. The molecule has 0 heterocycles. The van der Waals surface area contributed by atoms with E-state index >= 15 is 0 Å². The third kappa shape index (κ3) is 4.00. The second-order valence-electron chi connectivity index (χ2n) is 3.16. The lowest BCUT2D eigenvalue weighted by atomic mass is 10.1. The third-order valence-corrected chi connectivity index (χ3v) is 2.82. The Bertz CT molecular complexity index is 474. The standard InChI is InChI=1S/C11H14NO5P/c1-8(11(13)15-2)9-4-3-5-10(6-9)17-18(14)16-7-12/h3-6,18H,1,7,12H2,2H3. The molecule has 0 aliphatic heterocycles. The van der Waals surface area contributed by atoms with E-state index in [1.54, 1.807) is 18.2 Å². The van der Waals surface area contributed by atoms with Gasteiger partial charge in [0.15, 0.2) is 0 Å². The molecule has 0 aliphatic carbocycles. The normalized spacial score (nSPS) is 11.7. The summed E-state index contributed by atoms with van der Waals surface area (Å²) >= 11 is 0. The van der Waals surface area contributed by atoms with Crippen LogP contribution in [0.25, 0.3) is 5.57 Å². The van der Waals surface area contributed by atoms with Crippen molar-refractivity contribution in [3.8, 4) is 5.75 Å². The smallest absolute Gasteiger partial charge is 0.369 e. The molecule has 0 aliphatic rings. The zero-order chi connectivity index (χ0) is 13.5. The Morgan fingerprint density at radius 2 is 2.22 bits per heavy atom. The van der Waals surface area contributed by atoms with Crippen LogP contribution in [-0.4, -0.2) is 19.8 Å². The molecule has 0 spiro atoms. The number of methoxy groups -OCH3 is 1. The van der Waals surface area contributed by atoms with Gasteiger partial charge in [-0.15, -0.1) is 0 Å². The summed E-state index contributed by atoms with van der Waals surface area (Å²) < 4.78 is 25.4. The third-order valence-electron chi connectivity index (χ3n) is 2.02. The van der Waals surface area contributed by atoms with E-state index in [9.17, 15) is 9.36 Å². The van der Waals surface area contributed by atoms with Gasteiger partial charge in [-0.1, -0.05) is 18.7 Å². The molecule has 0 radical (unpaired) electrons. The summed E-state index contributed by atoms with van der Waals surface area (Å²) in [5.74, 6) is -0.243. The van der Waals surface area contributed by atoms with Gasteiger partial charge in [0.25, 0.3) is 0 Å². The molecule has 0 saturated carbocycles. The highest BCUT2D eigenvalue weighted by Gasteiger charge is 2.10. The molecular formula is C11H14NO5P. The number of carbonyl (C=O) groups excluding carboxylic acids is 1. The van der Waals surface area contributed by atoms with Crippen molar-refractivity contribution in [2.75, 3.05) is 13.8 Å². The summed E-state index contributed by atoms with van der Waals surface area (Å²) in [6.45, 7) is 3.41. The first-order valence-electron chi connectivity index (χ1n) is 5.00. The fourth-order valence-corrected chi connectivity index (χ4v) is 1.70. The number of benzene rings is 1. The van der Waals surface area contributed by atoms with Gasteiger partial charge in [0.1, 0.15) is 12.5 Å². The molecular weight excluding hydrogens is 257 g/mol. The van der Waals surface area contributed by atoms with Crippen LogP contribution in [0.2, 0.25) is 0 Å². The van der Waals surface area contributed by atoms with Crippen LogP contribution in [0.1, 0.15) is 5.56 Å². The maximum atomic E-state index is 11.3. The Labute approximate surface area is 105 Å². The van der Waals surface area contributed by atoms with E-state index in [4.69, 9.17) is 10.3 Å². The highest BCUT2D eigenvalue weighted by atomic mass is 31.1. The number of hydrogen-bond donors (Lipinski definition) is 1. The minimum atomic E-state index is -2.68. The number of ether oxygens (including phenoxy) is 1. The number of hydrogen-bond acceptors (Lipinski definition) is 6. The van der Waals surface area contributed by atoms with Crippen molar-refractivity contribution in [1.82, 2.24) is 0 Å². The second kappa shape index (κ2) is 6.96. The highest BCUT2D eigenvalue weighted by molar-refractivity contribution is 7.33. The zero-order valence-corrected chi connectivity index (χ0v) is 10.8. The second-order valence-corrected chi connectivity index (χ2v) is 4.15. The van der Waals surface area contributed by atoms with Crippen LogP contribution in [0.15, 0.2) is 30.8 Å². The zero-order valence-electron chi connectivity index (χ0n) is 9.84. The summed E-state index contributed by atoms with van der Waals surface area (Å²) in [5.41, 5.74) is 5.77. The number of esters is 1. The molecule has 98 valence electrons. The lowest BCUT2D eigenvalue weighted by Crippen LogP contribution is -2.03. The summed E-state index contributed by atoms with van der Waals surface area (Å²) in [7, 11) is -1.42. The van der Waals surface area contributed by atoms with Gasteiger partial charge < -0.3 is 15.0 Å². The molecule has 0 amide bonds. The molecule has 1 aromatic rings. The number of nitrogens with two attached hydrogens (primary N) is 1. The van der Waals surface area contributed by atoms with Gasteiger partial charge in [-0.3, -0.25) is 4.52 Å². The van der Waals surface area contributed by atoms with Crippen molar-refractivity contribution in [2.45, 2.75) is 0 Å². The predicted molar refractivity (Wildman–Crippen MR) is 67.3 cm³/mol. The Hall–Kier alpha value is -1.62. The van der Waals surface area contributed by atoms with Crippen LogP contribution in [0.5, 0.6) is 5.75 Å². The Kier molecular flexibility index (Phi) is 5.58. The van der Waals surface area contributed by atoms with Gasteiger partial charge in [-0.05, 0) is 17.7 Å². The van der Waals surface area contributed by atoms with E-state index in [0.29, 0.717) is 11.3 Å². The van der Waals surface area contributed by atoms with Crippen molar-refractivity contribution in [3.63, 3.8) is 0 Å². The van der Waals surface area contributed by atoms with E-state index in [1.165, 1.54) is 13.2 Å². The highest BCUT2D eigenvalue weighted by Crippen LogP contribution is 2.29. The van der Waals surface area contributed by atoms with E-state index in [0.717, 1.165) is 0 Å². The molecule has 0 aromatic heterocycles. The Morgan fingerprint density at radius 1 is 1.50 bits per heavy atom. The van der Waals surface area contributed by atoms with E-state index in [1.807, 2.05) is 0 Å². The van der Waals surface area contributed by atoms with Crippen molar-refractivity contribution < 1.29 is 23.1 Å². The summed E-state index contributed by atoms with van der Waals surface area (Å²) in [6.07, 6.45) is 0. The lowest BCUT2D eigenvalue weighted by Gasteiger charge is -2.08. The molecule has 1 rings (SSSR count). The lowest BCUT2D eigenvalue weighted by molar-refractivity contribution is -0.133. The first kappa shape index (κ1) is 14.4. The molecule has 6 nitrogen and oxygen atoms in total. The van der Waals surface area contributed by atoms with Gasteiger partial charge in [-0.2, -0.15) is 0 Å². The van der Waals surface area contributed by atoms with Crippen molar-refractivity contribution in [1.29, 1.82) is 0 Å². The van der Waals surface area contributed by atoms with Crippen LogP contribution in [-0.2, 0) is 18.6 Å². The summed E-state index contributed by atoms with van der Waals surface area (Å²) in [4.78, 5) is 11.3. The van der Waals surface area contributed by atoms with Crippen LogP contribution >= 0.6 is 8.25 Å². The molecule has 0 saturated heterocycles. The van der Waals surface area contributed by atoms with Crippen molar-refractivity contribution in [3.05, 3.63) is 36.4 Å². The van der Waals surface area contributed by atoms with Crippen LogP contribution in [0.3, 0.4) is 0 Å². The van der Waals surface area contributed by atoms with Crippen LogP contribution in [0.4, 0.5) is 0 Å². The van der Waals surface area contributed by atoms with Crippen molar-refractivity contribution >= 4 is 19.8 Å². The molecule has 2 N–H and O–H groups in total. The Balaban J connectivity index is 2.82. The number of carbonyl (C=O) groups is 1. The van der Waals surface area contributed by atoms with Crippen LogP contribution in [0, 0.1) is 0 Å². The summed E-state index contributed by atoms with van der Waals surface area (Å²) in [6, 6.07) is 6.39. The minimum Gasteiger partial charge on any atom is -0.465 e. The van der Waals surface area contributed by atoms with Gasteiger partial charge in [0, 0.05) is 0 Å². The molecule has 0 fully saturated rings. The van der Waals surface area contributed by atoms with E-state index < -0.39 is 14.2 Å². The van der Waals surface area contributed by atoms with Gasteiger partial charge in [0.2, 0.25) is 0 Å². The monoisotopic (exact) mass is 271 g/mol. The first-order valence-corrected chi connectivity index (χ1v) is 6.23. The SMILES string of the molecule is C=C(C(=O)OC)c1cccc(O[PH](=O)OCN)c1. The predicted octanol–water partition coefficient (Wildman–Crippen LogP) is 1.57.